The molecule has 0 saturated carbocycles. The van der Waals surface area contributed by atoms with Gasteiger partial charge in [0.25, 0.3) is 0 Å². The molecular weight excluding hydrogens is 245 g/mol. The molecule has 100 valence electrons. The number of carbonyl (C=O) groups excluding carboxylic acids is 2. The Kier molecular flexibility index (Phi) is 4.58. The van der Waals surface area contributed by atoms with Gasteiger partial charge >= 0.3 is 0 Å². The molecule has 1 unspecified atom stereocenters. The highest BCUT2D eigenvalue weighted by Gasteiger charge is 2.46. The number of nitrogens with zero attached hydrogens (tertiary/aromatic N) is 1. The third-order valence-electron chi connectivity index (χ3n) is 2.97. The minimum absolute atomic E-state index is 0.0545. The summed E-state index contributed by atoms with van der Waals surface area (Å²) < 4.78 is 0. The Labute approximate surface area is 115 Å². The maximum absolute atomic E-state index is 12.3. The molecule has 18 heavy (non-hydrogen) atoms. The van der Waals surface area contributed by atoms with Crippen LogP contribution in [0.1, 0.15) is 47.5 Å². The van der Waals surface area contributed by atoms with Crippen LogP contribution in [0.3, 0.4) is 0 Å². The standard InChI is InChI=1S/C13H22BNO2S/c1-6-18-9-7-10(16)15(11(9)17)13(4,5)8-12(2,3)14/h9H,6-8H2,1-5H3. The molecule has 1 heterocycles. The number of likely N-dealkylation sites (tertiary alicyclic amines) is 1. The third-order valence-corrected chi connectivity index (χ3v) is 4.07. The zero-order chi connectivity index (χ0) is 14.1. The minimum atomic E-state index is -0.518. The van der Waals surface area contributed by atoms with E-state index < -0.39 is 10.9 Å². The van der Waals surface area contributed by atoms with Crippen molar-refractivity contribution >= 4 is 31.4 Å². The molecule has 1 rings (SSSR count). The van der Waals surface area contributed by atoms with E-state index in [9.17, 15) is 9.59 Å². The van der Waals surface area contributed by atoms with Crippen molar-refractivity contribution in [3.8, 4) is 0 Å². The molecule has 0 aromatic heterocycles. The van der Waals surface area contributed by atoms with Gasteiger partial charge in [0.05, 0.1) is 13.1 Å². The Morgan fingerprint density at radius 3 is 2.33 bits per heavy atom. The number of carbonyl (C=O) groups is 2. The van der Waals surface area contributed by atoms with Crippen LogP contribution in [0.15, 0.2) is 0 Å². The highest BCUT2D eigenvalue weighted by molar-refractivity contribution is 8.00. The monoisotopic (exact) mass is 267 g/mol. The van der Waals surface area contributed by atoms with Crippen LogP contribution < -0.4 is 0 Å². The molecule has 1 fully saturated rings. The Balaban J connectivity index is 2.88. The van der Waals surface area contributed by atoms with Crippen molar-refractivity contribution in [2.24, 2.45) is 0 Å². The lowest BCUT2D eigenvalue weighted by Crippen LogP contribution is -2.49. The topological polar surface area (TPSA) is 37.4 Å². The predicted molar refractivity (Wildman–Crippen MR) is 76.9 cm³/mol. The molecule has 0 bridgehead atoms. The molecule has 2 radical (unpaired) electrons. The van der Waals surface area contributed by atoms with E-state index >= 15 is 0 Å². The summed E-state index contributed by atoms with van der Waals surface area (Å²) in [6, 6.07) is 0. The summed E-state index contributed by atoms with van der Waals surface area (Å²) in [5.41, 5.74) is -0.518. The fourth-order valence-corrected chi connectivity index (χ4v) is 3.68. The Hall–Kier alpha value is -0.445. The van der Waals surface area contributed by atoms with Crippen molar-refractivity contribution in [3.63, 3.8) is 0 Å². The van der Waals surface area contributed by atoms with E-state index in [1.54, 1.807) is 11.8 Å². The van der Waals surface area contributed by atoms with Crippen LogP contribution in [0.25, 0.3) is 0 Å². The second-order valence-corrected chi connectivity index (χ2v) is 7.67. The average Bonchev–Trinajstić information content (AvgIpc) is 2.38. The van der Waals surface area contributed by atoms with Crippen LogP contribution in [0, 0.1) is 0 Å². The molecule has 0 aliphatic carbocycles. The third kappa shape index (κ3) is 3.53. The molecule has 5 heteroatoms. The van der Waals surface area contributed by atoms with Crippen molar-refractivity contribution in [1.29, 1.82) is 0 Å². The molecule has 2 amide bonds. The second-order valence-electron chi connectivity index (χ2n) is 6.19. The number of hydrogen-bond donors (Lipinski definition) is 0. The molecule has 0 spiro atoms. The summed E-state index contributed by atoms with van der Waals surface area (Å²) in [6.45, 7) is 9.65. The maximum Gasteiger partial charge on any atom is 0.243 e. The first-order valence-corrected chi connectivity index (χ1v) is 7.41. The summed E-state index contributed by atoms with van der Waals surface area (Å²) in [4.78, 5) is 25.8. The first-order chi connectivity index (χ1) is 8.08. The van der Waals surface area contributed by atoms with Gasteiger partial charge in [-0.05, 0) is 26.0 Å². The average molecular weight is 267 g/mol. The Bertz CT molecular complexity index is 349. The summed E-state index contributed by atoms with van der Waals surface area (Å²) in [7, 11) is 6.02. The smallest absolute Gasteiger partial charge is 0.243 e. The number of thioether (sulfide) groups is 1. The van der Waals surface area contributed by atoms with Crippen LogP contribution in [0.5, 0.6) is 0 Å². The zero-order valence-corrected chi connectivity index (χ0v) is 12.8. The fourth-order valence-electron chi connectivity index (χ4n) is 2.77. The van der Waals surface area contributed by atoms with Gasteiger partial charge in [-0.25, -0.2) is 0 Å². The fraction of sp³-hybridized carbons (Fsp3) is 0.846. The lowest BCUT2D eigenvalue weighted by atomic mass is 9.65. The predicted octanol–water partition coefficient (Wildman–Crippen LogP) is 2.40. The van der Waals surface area contributed by atoms with Crippen molar-refractivity contribution in [1.82, 2.24) is 4.90 Å². The van der Waals surface area contributed by atoms with Crippen molar-refractivity contribution in [3.05, 3.63) is 0 Å². The van der Waals surface area contributed by atoms with Gasteiger partial charge in [0.2, 0.25) is 11.8 Å². The van der Waals surface area contributed by atoms with Gasteiger partial charge in [0, 0.05) is 12.0 Å². The first-order valence-electron chi connectivity index (χ1n) is 6.36. The molecule has 0 aromatic rings. The van der Waals surface area contributed by atoms with E-state index in [4.69, 9.17) is 7.85 Å². The van der Waals surface area contributed by atoms with Crippen molar-refractivity contribution < 1.29 is 9.59 Å². The lowest BCUT2D eigenvalue weighted by molar-refractivity contribution is -0.144. The van der Waals surface area contributed by atoms with Gasteiger partial charge < -0.3 is 0 Å². The normalized spacial score (nSPS) is 21.8. The van der Waals surface area contributed by atoms with Crippen LogP contribution in [-0.4, -0.2) is 41.1 Å². The number of imide groups is 1. The Morgan fingerprint density at radius 1 is 1.33 bits per heavy atom. The molecular formula is C13H22BNO2S. The summed E-state index contributed by atoms with van der Waals surface area (Å²) >= 11 is 1.55. The van der Waals surface area contributed by atoms with E-state index in [1.807, 2.05) is 34.6 Å². The number of rotatable bonds is 5. The van der Waals surface area contributed by atoms with Crippen LogP contribution in [-0.2, 0) is 9.59 Å². The van der Waals surface area contributed by atoms with E-state index in [0.29, 0.717) is 12.8 Å². The van der Waals surface area contributed by atoms with Crippen LogP contribution in [0.2, 0.25) is 5.31 Å². The highest BCUT2D eigenvalue weighted by Crippen LogP contribution is 2.38. The zero-order valence-electron chi connectivity index (χ0n) is 11.9. The number of hydrogen-bond acceptors (Lipinski definition) is 3. The van der Waals surface area contributed by atoms with E-state index in [0.717, 1.165) is 5.75 Å². The molecule has 1 aliphatic rings. The molecule has 1 atom stereocenters. The van der Waals surface area contributed by atoms with Crippen LogP contribution >= 0.6 is 11.8 Å². The van der Waals surface area contributed by atoms with E-state index in [1.165, 1.54) is 4.90 Å². The van der Waals surface area contributed by atoms with Gasteiger partial charge in [-0.2, -0.15) is 0 Å². The summed E-state index contributed by atoms with van der Waals surface area (Å²) in [6.07, 6.45) is 0.923. The highest BCUT2D eigenvalue weighted by atomic mass is 32.2. The Morgan fingerprint density at radius 2 is 1.89 bits per heavy atom. The molecule has 0 aromatic carbocycles. The van der Waals surface area contributed by atoms with Gasteiger partial charge in [-0.1, -0.05) is 26.1 Å². The summed E-state index contributed by atoms with van der Waals surface area (Å²) in [5.74, 6) is 0.724. The summed E-state index contributed by atoms with van der Waals surface area (Å²) in [5, 5.41) is -0.609. The molecule has 3 nitrogen and oxygen atoms in total. The largest absolute Gasteiger partial charge is 0.276 e. The first kappa shape index (κ1) is 15.6. The molecule has 0 N–H and O–H groups in total. The van der Waals surface area contributed by atoms with Gasteiger partial charge in [-0.15, -0.1) is 11.8 Å². The molecule has 1 aliphatic heterocycles. The van der Waals surface area contributed by atoms with E-state index in [-0.39, 0.29) is 17.1 Å². The van der Waals surface area contributed by atoms with E-state index in [2.05, 4.69) is 0 Å². The second kappa shape index (κ2) is 5.28. The van der Waals surface area contributed by atoms with Crippen molar-refractivity contribution in [2.45, 2.75) is 63.6 Å². The van der Waals surface area contributed by atoms with Gasteiger partial charge in [0.15, 0.2) is 0 Å². The minimum Gasteiger partial charge on any atom is -0.276 e. The molecule has 1 saturated heterocycles. The maximum atomic E-state index is 12.3. The van der Waals surface area contributed by atoms with Crippen LogP contribution in [0.4, 0.5) is 0 Å². The lowest BCUT2D eigenvalue weighted by Gasteiger charge is -2.39. The van der Waals surface area contributed by atoms with Crippen molar-refractivity contribution in [2.75, 3.05) is 5.75 Å². The SMILES string of the molecule is [B]C(C)(C)CC(C)(C)N1C(=O)CC(SCC)C1=O. The number of amides is 2. The van der Waals surface area contributed by atoms with Gasteiger partial charge in [0.1, 0.15) is 0 Å². The van der Waals surface area contributed by atoms with Gasteiger partial charge in [-0.3, -0.25) is 14.5 Å². The quantitative estimate of drug-likeness (QED) is 0.567.